The fourth-order valence-electron chi connectivity index (χ4n) is 6.65. The van der Waals surface area contributed by atoms with Gasteiger partial charge in [0.05, 0.1) is 0 Å². The fourth-order valence-corrected chi connectivity index (χ4v) is 6.65. The molecule has 136 valence electrons. The van der Waals surface area contributed by atoms with Gasteiger partial charge in [-0.3, -0.25) is 9.59 Å². The number of ether oxygens (including phenoxy) is 1. The molecule has 0 aromatic rings. The van der Waals surface area contributed by atoms with Crippen LogP contribution in [0.15, 0.2) is 0 Å². The van der Waals surface area contributed by atoms with Crippen molar-refractivity contribution < 1.29 is 14.3 Å². The molecule has 0 amide bonds. The molecule has 3 fully saturated rings. The molecule has 3 aliphatic carbocycles. The maximum Gasteiger partial charge on any atom is 0.302 e. The Morgan fingerprint density at radius 3 is 2.62 bits per heavy atom. The Morgan fingerprint density at radius 2 is 1.96 bits per heavy atom. The molecule has 1 unspecified atom stereocenters. The van der Waals surface area contributed by atoms with Crippen LogP contribution in [0.25, 0.3) is 0 Å². The lowest BCUT2D eigenvalue weighted by Crippen LogP contribution is -2.54. The third-order valence-corrected chi connectivity index (χ3v) is 8.13. The molecule has 0 saturated heterocycles. The molecule has 0 aromatic carbocycles. The van der Waals surface area contributed by atoms with Crippen LogP contribution >= 0.6 is 0 Å². The number of rotatable bonds is 2. The summed E-state index contributed by atoms with van der Waals surface area (Å²) in [7, 11) is 0. The van der Waals surface area contributed by atoms with E-state index in [9.17, 15) is 9.59 Å². The zero-order chi connectivity index (χ0) is 17.6. The van der Waals surface area contributed by atoms with Crippen molar-refractivity contribution in [3.63, 3.8) is 0 Å². The Labute approximate surface area is 146 Å². The fraction of sp³-hybridized carbons (Fsp3) is 0.905. The van der Waals surface area contributed by atoms with Crippen molar-refractivity contribution in [1.82, 2.24) is 0 Å². The van der Waals surface area contributed by atoms with Crippen LogP contribution in [0.1, 0.15) is 73.1 Å². The van der Waals surface area contributed by atoms with Gasteiger partial charge in [0.2, 0.25) is 0 Å². The SMILES string of the molecule is CC(=O)O[C@@H](C)[C@@]1(C)CC[C@@H]2[C@H]3CCC(=O)C[C@@H]3C[C@@H](C)[C@H]2C1C. The van der Waals surface area contributed by atoms with Crippen LogP contribution in [-0.2, 0) is 14.3 Å². The Morgan fingerprint density at radius 1 is 1.25 bits per heavy atom. The summed E-state index contributed by atoms with van der Waals surface area (Å²) in [6.07, 6.45) is 6.29. The van der Waals surface area contributed by atoms with Crippen LogP contribution in [0, 0.1) is 40.9 Å². The van der Waals surface area contributed by atoms with Crippen LogP contribution in [0.5, 0.6) is 0 Å². The average Bonchev–Trinajstić information content (AvgIpc) is 2.49. The van der Waals surface area contributed by atoms with Crippen LogP contribution in [0.3, 0.4) is 0 Å². The molecule has 3 saturated carbocycles. The minimum atomic E-state index is -0.166. The second-order valence-corrected chi connectivity index (χ2v) is 9.24. The van der Waals surface area contributed by atoms with Crippen LogP contribution in [0.2, 0.25) is 0 Å². The van der Waals surface area contributed by atoms with Gasteiger partial charge < -0.3 is 4.74 Å². The van der Waals surface area contributed by atoms with Gasteiger partial charge in [-0.15, -0.1) is 0 Å². The Hall–Kier alpha value is -0.860. The Bertz CT molecular complexity index is 513. The molecule has 24 heavy (non-hydrogen) atoms. The van der Waals surface area contributed by atoms with Gasteiger partial charge in [-0.2, -0.15) is 0 Å². The summed E-state index contributed by atoms with van der Waals surface area (Å²) in [5.41, 5.74) is 0.0679. The number of carbonyl (C=O) groups is 2. The van der Waals surface area contributed by atoms with Crippen LogP contribution in [-0.4, -0.2) is 17.9 Å². The van der Waals surface area contributed by atoms with Gasteiger partial charge in [0, 0.05) is 25.2 Å². The van der Waals surface area contributed by atoms with E-state index in [4.69, 9.17) is 4.74 Å². The lowest BCUT2D eigenvalue weighted by molar-refractivity contribution is -0.166. The molecular formula is C21H34O3. The van der Waals surface area contributed by atoms with Gasteiger partial charge in [0.1, 0.15) is 11.9 Å². The summed E-state index contributed by atoms with van der Waals surface area (Å²) >= 11 is 0. The zero-order valence-corrected chi connectivity index (χ0v) is 16.0. The first-order chi connectivity index (χ1) is 11.2. The molecule has 3 nitrogen and oxygen atoms in total. The molecule has 0 spiro atoms. The highest BCUT2D eigenvalue weighted by Gasteiger charge is 2.55. The monoisotopic (exact) mass is 334 g/mol. The van der Waals surface area contributed by atoms with Gasteiger partial charge in [0.15, 0.2) is 0 Å². The molecule has 0 aromatic heterocycles. The summed E-state index contributed by atoms with van der Waals surface area (Å²) in [6.45, 7) is 10.7. The van der Waals surface area contributed by atoms with Gasteiger partial charge >= 0.3 is 5.97 Å². The summed E-state index contributed by atoms with van der Waals surface area (Å²) in [4.78, 5) is 23.4. The number of hydrogen-bond acceptors (Lipinski definition) is 3. The third-order valence-electron chi connectivity index (χ3n) is 8.13. The minimum Gasteiger partial charge on any atom is -0.462 e. The van der Waals surface area contributed by atoms with Crippen molar-refractivity contribution in [2.75, 3.05) is 0 Å². The van der Waals surface area contributed by atoms with E-state index < -0.39 is 0 Å². The van der Waals surface area contributed by atoms with E-state index in [0.29, 0.717) is 29.5 Å². The van der Waals surface area contributed by atoms with Crippen LogP contribution < -0.4 is 0 Å². The van der Waals surface area contributed by atoms with Gasteiger partial charge in [-0.25, -0.2) is 0 Å². The summed E-state index contributed by atoms with van der Waals surface area (Å²) in [5.74, 6) is 4.39. The first-order valence-corrected chi connectivity index (χ1v) is 9.93. The molecule has 8 atom stereocenters. The maximum absolute atomic E-state index is 11.9. The Balaban J connectivity index is 1.81. The highest BCUT2D eigenvalue weighted by atomic mass is 16.5. The third kappa shape index (κ3) is 2.93. The van der Waals surface area contributed by atoms with Crippen molar-refractivity contribution in [2.45, 2.75) is 79.2 Å². The highest BCUT2D eigenvalue weighted by molar-refractivity contribution is 5.79. The van der Waals surface area contributed by atoms with Crippen molar-refractivity contribution in [3.05, 3.63) is 0 Å². The number of hydrogen-bond donors (Lipinski definition) is 0. The summed E-state index contributed by atoms with van der Waals surface area (Å²) in [5, 5.41) is 0. The number of fused-ring (bicyclic) bond motifs is 3. The normalized spacial score (nSPS) is 46.6. The molecule has 3 aliphatic rings. The van der Waals surface area contributed by atoms with Crippen molar-refractivity contribution in [2.24, 2.45) is 40.9 Å². The topological polar surface area (TPSA) is 43.4 Å². The summed E-state index contributed by atoms with van der Waals surface area (Å²) in [6, 6.07) is 0. The molecule has 0 heterocycles. The molecule has 0 N–H and O–H groups in total. The van der Waals surface area contributed by atoms with Crippen molar-refractivity contribution >= 4 is 11.8 Å². The lowest BCUT2D eigenvalue weighted by Gasteiger charge is -2.58. The predicted octanol–water partition coefficient (Wildman–Crippen LogP) is 4.63. The standard InChI is InChI=1S/C21H34O3/c1-12-10-16-11-17(23)6-7-18(16)19-8-9-21(5,13(2)20(12)19)14(3)24-15(4)22/h12-14,16,18-20H,6-11H2,1-5H3/t12-,13?,14+,16+,18+,19-,20+,21+/m1/s1. The number of esters is 1. The molecule has 3 heteroatoms. The van der Waals surface area contributed by atoms with E-state index in [1.165, 1.54) is 19.8 Å². The minimum absolute atomic E-state index is 0.0243. The van der Waals surface area contributed by atoms with Crippen LogP contribution in [0.4, 0.5) is 0 Å². The average molecular weight is 335 g/mol. The predicted molar refractivity (Wildman–Crippen MR) is 94.3 cm³/mol. The van der Waals surface area contributed by atoms with E-state index in [-0.39, 0.29) is 17.5 Å². The number of Topliss-reactive ketones (excluding diaryl/α,β-unsaturated/α-hetero) is 1. The molecule has 0 bridgehead atoms. The highest BCUT2D eigenvalue weighted by Crippen LogP contribution is 2.60. The zero-order valence-electron chi connectivity index (χ0n) is 16.0. The largest absolute Gasteiger partial charge is 0.462 e. The second kappa shape index (κ2) is 6.46. The van der Waals surface area contributed by atoms with E-state index in [1.54, 1.807) is 0 Å². The summed E-state index contributed by atoms with van der Waals surface area (Å²) < 4.78 is 5.62. The van der Waals surface area contributed by atoms with E-state index in [2.05, 4.69) is 27.7 Å². The van der Waals surface area contributed by atoms with Crippen molar-refractivity contribution in [1.29, 1.82) is 0 Å². The maximum atomic E-state index is 11.9. The molecule has 3 rings (SSSR count). The second-order valence-electron chi connectivity index (χ2n) is 9.24. The van der Waals surface area contributed by atoms with E-state index in [1.807, 2.05) is 0 Å². The van der Waals surface area contributed by atoms with E-state index >= 15 is 0 Å². The Kier molecular flexibility index (Phi) is 4.83. The molecular weight excluding hydrogens is 300 g/mol. The van der Waals surface area contributed by atoms with Crippen molar-refractivity contribution in [3.8, 4) is 0 Å². The first-order valence-electron chi connectivity index (χ1n) is 9.93. The quantitative estimate of drug-likeness (QED) is 0.691. The number of carbonyl (C=O) groups excluding carboxylic acids is 2. The van der Waals surface area contributed by atoms with Gasteiger partial charge in [0.25, 0.3) is 0 Å². The first kappa shape index (κ1) is 17.9. The lowest BCUT2D eigenvalue weighted by atomic mass is 9.47. The molecule has 0 radical (unpaired) electrons. The van der Waals surface area contributed by atoms with E-state index in [0.717, 1.165) is 37.5 Å². The van der Waals surface area contributed by atoms with Gasteiger partial charge in [-0.1, -0.05) is 20.8 Å². The molecule has 0 aliphatic heterocycles. The van der Waals surface area contributed by atoms with Gasteiger partial charge in [-0.05, 0) is 68.1 Å². The smallest absolute Gasteiger partial charge is 0.302 e. The number of ketones is 1.